The smallest absolute Gasteiger partial charge is 0.324 e. The predicted octanol–water partition coefficient (Wildman–Crippen LogP) is 6.22. The number of halogens is 4. The maximum atomic E-state index is 12.9. The van der Waals surface area contributed by atoms with Crippen molar-refractivity contribution in [3.05, 3.63) is 52.6 Å². The maximum absolute atomic E-state index is 12.9. The van der Waals surface area contributed by atoms with Crippen LogP contribution in [0.3, 0.4) is 0 Å². The molecule has 0 radical (unpaired) electrons. The number of fused-ring (bicyclic) bond motifs is 1. The Morgan fingerprint density at radius 2 is 2.07 bits per heavy atom. The van der Waals surface area contributed by atoms with E-state index in [0.717, 1.165) is 45.2 Å². The van der Waals surface area contributed by atoms with Gasteiger partial charge in [-0.15, -0.1) is 11.3 Å². The fourth-order valence-electron chi connectivity index (χ4n) is 2.54. The van der Waals surface area contributed by atoms with E-state index in [9.17, 15) is 18.0 Å². The highest BCUT2D eigenvalue weighted by Gasteiger charge is 2.31. The first-order chi connectivity index (χ1) is 14.3. The number of anilines is 1. The molecular weight excluding hydrogens is 477 g/mol. The first kappa shape index (κ1) is 21.0. The molecule has 0 unspecified atom stereocenters. The number of alkyl halides is 3. The molecule has 4 rings (SSSR count). The molecule has 0 spiro atoms. The summed E-state index contributed by atoms with van der Waals surface area (Å²) in [5.41, 5.74) is 0.469. The minimum Gasteiger partial charge on any atom is -0.324 e. The fourth-order valence-corrected chi connectivity index (χ4v) is 5.19. The number of hydrogen-bond acceptors (Lipinski definition) is 7. The van der Waals surface area contributed by atoms with Crippen LogP contribution in [0.1, 0.15) is 5.56 Å². The standard InChI is InChI=1S/C18H10ClF3N4OS3/c19-10-4-3-9(18(20,21)22)6-11(10)25-13(27)7-29-17-16-15(23-8-24-17)14(26-30-16)12-2-1-5-28-12/h1-6,8H,7H2,(H,25,27). The Kier molecular flexibility index (Phi) is 5.96. The number of benzene rings is 1. The van der Waals surface area contributed by atoms with Gasteiger partial charge in [0, 0.05) is 0 Å². The summed E-state index contributed by atoms with van der Waals surface area (Å²) in [4.78, 5) is 21.8. The monoisotopic (exact) mass is 486 g/mol. The second-order valence-electron chi connectivity index (χ2n) is 5.89. The van der Waals surface area contributed by atoms with Gasteiger partial charge in [-0.25, -0.2) is 9.97 Å². The van der Waals surface area contributed by atoms with Crippen LogP contribution >= 0.6 is 46.2 Å². The van der Waals surface area contributed by atoms with Crippen LogP contribution in [0.15, 0.2) is 47.1 Å². The number of thioether (sulfide) groups is 1. The van der Waals surface area contributed by atoms with Crippen molar-refractivity contribution in [1.29, 1.82) is 0 Å². The summed E-state index contributed by atoms with van der Waals surface area (Å²) in [7, 11) is 0. The number of carbonyl (C=O) groups is 1. The van der Waals surface area contributed by atoms with Crippen molar-refractivity contribution in [2.45, 2.75) is 11.2 Å². The number of carbonyl (C=O) groups excluding carboxylic acids is 1. The highest BCUT2D eigenvalue weighted by atomic mass is 35.5. The lowest BCUT2D eigenvalue weighted by Gasteiger charge is -2.11. The van der Waals surface area contributed by atoms with E-state index in [2.05, 4.69) is 19.7 Å². The van der Waals surface area contributed by atoms with Gasteiger partial charge in [-0.05, 0) is 41.2 Å². The third-order valence-corrected chi connectivity index (χ3v) is 7.05. The van der Waals surface area contributed by atoms with E-state index < -0.39 is 17.6 Å². The lowest BCUT2D eigenvalue weighted by Crippen LogP contribution is -2.15. The summed E-state index contributed by atoms with van der Waals surface area (Å²) in [6.07, 6.45) is -3.13. The van der Waals surface area contributed by atoms with E-state index in [4.69, 9.17) is 11.6 Å². The zero-order chi connectivity index (χ0) is 21.3. The molecule has 0 saturated heterocycles. The molecule has 12 heteroatoms. The Morgan fingerprint density at radius 3 is 2.80 bits per heavy atom. The van der Waals surface area contributed by atoms with Crippen LogP contribution in [0.25, 0.3) is 20.8 Å². The van der Waals surface area contributed by atoms with E-state index >= 15 is 0 Å². The zero-order valence-electron chi connectivity index (χ0n) is 14.7. The summed E-state index contributed by atoms with van der Waals surface area (Å²) in [6, 6.07) is 6.64. The highest BCUT2D eigenvalue weighted by Crippen LogP contribution is 2.36. The van der Waals surface area contributed by atoms with E-state index in [1.165, 1.54) is 17.9 Å². The van der Waals surface area contributed by atoms with E-state index in [0.29, 0.717) is 10.5 Å². The molecule has 5 nitrogen and oxygen atoms in total. The van der Waals surface area contributed by atoms with Crippen molar-refractivity contribution >= 4 is 68.0 Å². The van der Waals surface area contributed by atoms with Crippen molar-refractivity contribution in [1.82, 2.24) is 14.3 Å². The zero-order valence-corrected chi connectivity index (χ0v) is 17.9. The molecule has 30 heavy (non-hydrogen) atoms. The van der Waals surface area contributed by atoms with Crippen LogP contribution in [-0.2, 0) is 11.0 Å². The minimum absolute atomic E-state index is 0.0221. The number of thiophene rings is 1. The number of amides is 1. The Bertz CT molecular complexity index is 1210. The largest absolute Gasteiger partial charge is 0.416 e. The molecule has 0 bridgehead atoms. The Balaban J connectivity index is 1.49. The molecule has 154 valence electrons. The maximum Gasteiger partial charge on any atom is 0.416 e. The Labute approximate surface area is 185 Å². The minimum atomic E-state index is -4.53. The van der Waals surface area contributed by atoms with Crippen molar-refractivity contribution in [3.63, 3.8) is 0 Å². The van der Waals surface area contributed by atoms with E-state index in [1.807, 2.05) is 17.5 Å². The molecule has 0 aliphatic carbocycles. The van der Waals surface area contributed by atoms with Crippen LogP contribution in [0, 0.1) is 0 Å². The average Bonchev–Trinajstić information content (AvgIpc) is 3.36. The summed E-state index contributed by atoms with van der Waals surface area (Å²) < 4.78 is 43.8. The second kappa shape index (κ2) is 8.50. The SMILES string of the molecule is O=C(CSc1ncnc2c(-c3cccs3)nsc12)Nc1cc(C(F)(F)F)ccc1Cl. The van der Waals surface area contributed by atoms with Gasteiger partial charge in [-0.1, -0.05) is 29.4 Å². The molecule has 4 aromatic rings. The van der Waals surface area contributed by atoms with Gasteiger partial charge in [0.05, 0.1) is 26.9 Å². The van der Waals surface area contributed by atoms with Gasteiger partial charge in [0.2, 0.25) is 5.91 Å². The number of aromatic nitrogens is 3. The Morgan fingerprint density at radius 1 is 1.23 bits per heavy atom. The number of nitrogens with one attached hydrogen (secondary N) is 1. The summed E-state index contributed by atoms with van der Waals surface area (Å²) >= 11 is 9.85. The molecule has 1 N–H and O–H groups in total. The number of nitrogens with zero attached hydrogens (tertiary/aromatic N) is 3. The molecule has 0 fully saturated rings. The first-order valence-electron chi connectivity index (χ1n) is 8.26. The first-order valence-corrected chi connectivity index (χ1v) is 11.3. The molecule has 0 aliphatic heterocycles. The molecule has 1 amide bonds. The van der Waals surface area contributed by atoms with E-state index in [-0.39, 0.29) is 16.5 Å². The third kappa shape index (κ3) is 4.43. The van der Waals surface area contributed by atoms with Crippen molar-refractivity contribution in [3.8, 4) is 10.6 Å². The van der Waals surface area contributed by atoms with Gasteiger partial charge < -0.3 is 5.32 Å². The molecule has 0 atom stereocenters. The third-order valence-electron chi connectivity index (χ3n) is 3.89. The van der Waals surface area contributed by atoms with E-state index in [1.54, 1.807) is 11.3 Å². The predicted molar refractivity (Wildman–Crippen MR) is 114 cm³/mol. The fraction of sp³-hybridized carbons (Fsp3) is 0.111. The average molecular weight is 487 g/mol. The van der Waals surface area contributed by atoms with Gasteiger partial charge in [-0.3, -0.25) is 4.79 Å². The van der Waals surface area contributed by atoms with Gasteiger partial charge >= 0.3 is 6.18 Å². The molecule has 0 saturated carbocycles. The number of rotatable bonds is 5. The summed E-state index contributed by atoms with van der Waals surface area (Å²) in [5, 5.41) is 4.96. The van der Waals surface area contributed by atoms with Crippen LogP contribution in [0.2, 0.25) is 5.02 Å². The molecule has 1 aromatic carbocycles. The van der Waals surface area contributed by atoms with Crippen molar-refractivity contribution in [2.24, 2.45) is 0 Å². The van der Waals surface area contributed by atoms with Crippen LogP contribution in [0.5, 0.6) is 0 Å². The Hall–Kier alpha value is -2.21. The quantitative estimate of drug-likeness (QED) is 0.268. The normalized spacial score (nSPS) is 11.7. The molecule has 3 heterocycles. The van der Waals surface area contributed by atoms with Crippen LogP contribution < -0.4 is 5.32 Å². The number of hydrogen-bond donors (Lipinski definition) is 1. The lowest BCUT2D eigenvalue weighted by atomic mass is 10.2. The van der Waals surface area contributed by atoms with Gasteiger partial charge in [0.15, 0.2) is 0 Å². The topological polar surface area (TPSA) is 67.8 Å². The highest BCUT2D eigenvalue weighted by molar-refractivity contribution is 8.00. The summed E-state index contributed by atoms with van der Waals surface area (Å²) in [6.45, 7) is 0. The van der Waals surface area contributed by atoms with Gasteiger partial charge in [-0.2, -0.15) is 17.5 Å². The van der Waals surface area contributed by atoms with Crippen LogP contribution in [-0.4, -0.2) is 26.0 Å². The summed E-state index contributed by atoms with van der Waals surface area (Å²) in [5.74, 6) is -0.568. The second-order valence-corrected chi connectivity index (χ2v) is 8.99. The molecule has 0 aliphatic rings. The van der Waals surface area contributed by atoms with Gasteiger partial charge in [0.1, 0.15) is 27.3 Å². The molecule has 3 aromatic heterocycles. The van der Waals surface area contributed by atoms with Crippen molar-refractivity contribution < 1.29 is 18.0 Å². The van der Waals surface area contributed by atoms with Crippen LogP contribution in [0.4, 0.5) is 18.9 Å². The van der Waals surface area contributed by atoms with Gasteiger partial charge in [0.25, 0.3) is 0 Å². The lowest BCUT2D eigenvalue weighted by molar-refractivity contribution is -0.137. The van der Waals surface area contributed by atoms with Crippen molar-refractivity contribution in [2.75, 3.05) is 11.1 Å². The molecular formula is C18H10ClF3N4OS3.